The molecule has 3 aliphatic heterocycles. The molecule has 1 saturated carbocycles. The highest BCUT2D eigenvalue weighted by atomic mass is 16.4. The van der Waals surface area contributed by atoms with Gasteiger partial charge in [-0.1, -0.05) is 0 Å². The molecule has 3 N–H and O–H groups in total. The molecule has 3 saturated heterocycles. The SMILES string of the molecule is O=C(c1n[nH]c2ccc(NC(=O)C3(C(=O)O)CC3)cc12)N1CCN2CCC1CC2. The molecule has 1 aliphatic carbocycles. The summed E-state index contributed by atoms with van der Waals surface area (Å²) in [7, 11) is 0. The van der Waals surface area contributed by atoms with Crippen molar-refractivity contribution in [1.29, 1.82) is 0 Å². The van der Waals surface area contributed by atoms with Gasteiger partial charge in [0.1, 0.15) is 5.41 Å². The number of piperidine rings is 1. The van der Waals surface area contributed by atoms with Crippen molar-refractivity contribution < 1.29 is 19.5 Å². The second-order valence-corrected chi connectivity index (χ2v) is 8.25. The molecule has 152 valence electrons. The van der Waals surface area contributed by atoms with Crippen LogP contribution >= 0.6 is 0 Å². The number of nitrogens with zero attached hydrogens (tertiary/aromatic N) is 3. The maximum Gasteiger partial charge on any atom is 0.319 e. The zero-order chi connectivity index (χ0) is 20.2. The molecule has 2 amide bonds. The van der Waals surface area contributed by atoms with Crippen LogP contribution in [0.1, 0.15) is 36.2 Å². The fourth-order valence-electron chi connectivity index (χ4n) is 4.46. The Kier molecular flexibility index (Phi) is 4.09. The van der Waals surface area contributed by atoms with Gasteiger partial charge < -0.3 is 20.2 Å². The quantitative estimate of drug-likeness (QED) is 0.669. The van der Waals surface area contributed by atoms with Crippen molar-refractivity contribution in [1.82, 2.24) is 20.0 Å². The molecule has 2 aromatic rings. The summed E-state index contributed by atoms with van der Waals surface area (Å²) in [4.78, 5) is 41.4. The monoisotopic (exact) mass is 397 g/mol. The average Bonchev–Trinajstić information content (AvgIpc) is 3.49. The Balaban J connectivity index is 1.42. The molecule has 0 unspecified atom stereocenters. The number of carbonyl (C=O) groups is 3. The minimum atomic E-state index is -1.32. The van der Waals surface area contributed by atoms with Crippen LogP contribution < -0.4 is 5.32 Å². The molecule has 4 fully saturated rings. The number of aliphatic carboxylic acids is 1. The number of carbonyl (C=O) groups excluding carboxylic acids is 2. The molecule has 1 aromatic heterocycles. The van der Waals surface area contributed by atoms with Gasteiger partial charge in [0.25, 0.3) is 5.91 Å². The second kappa shape index (κ2) is 6.55. The third-order valence-corrected chi connectivity index (χ3v) is 6.53. The van der Waals surface area contributed by atoms with Crippen LogP contribution in [0.5, 0.6) is 0 Å². The Hall–Kier alpha value is -2.94. The van der Waals surface area contributed by atoms with E-state index in [1.54, 1.807) is 18.2 Å². The van der Waals surface area contributed by atoms with E-state index in [0.29, 0.717) is 41.7 Å². The molecule has 29 heavy (non-hydrogen) atoms. The lowest BCUT2D eigenvalue weighted by molar-refractivity contribution is -0.147. The van der Waals surface area contributed by atoms with Crippen LogP contribution in [0.4, 0.5) is 5.69 Å². The number of fused-ring (bicyclic) bond motifs is 5. The zero-order valence-corrected chi connectivity index (χ0v) is 16.0. The van der Waals surface area contributed by atoms with Gasteiger partial charge in [-0.05, 0) is 43.9 Å². The lowest BCUT2D eigenvalue weighted by atomic mass is 10.0. The number of hydrogen-bond acceptors (Lipinski definition) is 5. The number of hydrogen-bond donors (Lipinski definition) is 3. The summed E-state index contributed by atoms with van der Waals surface area (Å²) in [5, 5.41) is 19.8. The molecular weight excluding hydrogens is 374 g/mol. The molecule has 0 spiro atoms. The van der Waals surface area contributed by atoms with Crippen molar-refractivity contribution in [2.45, 2.75) is 31.7 Å². The fraction of sp³-hybridized carbons (Fsp3) is 0.500. The Labute approximate surface area is 167 Å². The first-order valence-electron chi connectivity index (χ1n) is 10.0. The first-order valence-corrected chi connectivity index (χ1v) is 10.0. The standard InChI is InChI=1S/C20H23N5O4/c26-17(25-10-9-24-7-3-13(25)4-8-24)16-14-11-12(1-2-15(14)22-23-16)21-18(27)20(5-6-20)19(28)29/h1-2,11,13H,3-10H2,(H,21,27)(H,22,23)(H,28,29). The summed E-state index contributed by atoms with van der Waals surface area (Å²) >= 11 is 0. The smallest absolute Gasteiger partial charge is 0.319 e. The van der Waals surface area contributed by atoms with Crippen LogP contribution in [0.3, 0.4) is 0 Å². The Morgan fingerprint density at radius 1 is 1.14 bits per heavy atom. The molecule has 1 aromatic carbocycles. The van der Waals surface area contributed by atoms with E-state index in [1.165, 1.54) is 0 Å². The largest absolute Gasteiger partial charge is 0.480 e. The number of aromatic nitrogens is 2. The average molecular weight is 397 g/mol. The van der Waals surface area contributed by atoms with Crippen LogP contribution in [0.2, 0.25) is 0 Å². The summed E-state index contributed by atoms with van der Waals surface area (Å²) in [6.07, 6.45) is 2.65. The van der Waals surface area contributed by atoms with Gasteiger partial charge in [0.05, 0.1) is 5.52 Å². The minimum Gasteiger partial charge on any atom is -0.480 e. The number of H-pyrrole nitrogens is 1. The summed E-state index contributed by atoms with van der Waals surface area (Å²) in [6, 6.07) is 5.36. The van der Waals surface area contributed by atoms with Gasteiger partial charge in [-0.2, -0.15) is 5.10 Å². The van der Waals surface area contributed by atoms with Gasteiger partial charge in [0, 0.05) is 43.3 Å². The van der Waals surface area contributed by atoms with Gasteiger partial charge in [0.15, 0.2) is 5.69 Å². The molecule has 4 aliphatic rings. The third-order valence-electron chi connectivity index (χ3n) is 6.53. The fourth-order valence-corrected chi connectivity index (χ4v) is 4.46. The highest BCUT2D eigenvalue weighted by Crippen LogP contribution is 2.46. The van der Waals surface area contributed by atoms with Gasteiger partial charge in [-0.15, -0.1) is 0 Å². The van der Waals surface area contributed by atoms with Crippen LogP contribution in [-0.2, 0) is 9.59 Å². The Morgan fingerprint density at radius 2 is 1.90 bits per heavy atom. The lowest BCUT2D eigenvalue weighted by Crippen LogP contribution is -2.41. The lowest BCUT2D eigenvalue weighted by Gasteiger charge is -2.31. The van der Waals surface area contributed by atoms with Crippen LogP contribution in [0, 0.1) is 5.41 Å². The maximum atomic E-state index is 13.3. The number of benzene rings is 1. The summed E-state index contributed by atoms with van der Waals surface area (Å²) in [5.41, 5.74) is 0.197. The van der Waals surface area contributed by atoms with E-state index in [1.807, 2.05) is 4.90 Å². The first kappa shape index (κ1) is 18.1. The van der Waals surface area contributed by atoms with Crippen LogP contribution in [0.25, 0.3) is 10.9 Å². The highest BCUT2D eigenvalue weighted by molar-refractivity contribution is 6.12. The predicted octanol–water partition coefficient (Wildman–Crippen LogP) is 1.29. The molecule has 9 nitrogen and oxygen atoms in total. The van der Waals surface area contributed by atoms with Crippen LogP contribution in [0.15, 0.2) is 18.2 Å². The van der Waals surface area contributed by atoms with E-state index in [4.69, 9.17) is 0 Å². The summed E-state index contributed by atoms with van der Waals surface area (Å²) in [5.74, 6) is -1.71. The van der Waals surface area contributed by atoms with Gasteiger partial charge in [-0.25, -0.2) is 0 Å². The van der Waals surface area contributed by atoms with Crippen molar-refractivity contribution in [2.75, 3.05) is 31.5 Å². The van der Waals surface area contributed by atoms with Gasteiger partial charge in [-0.3, -0.25) is 19.5 Å². The highest BCUT2D eigenvalue weighted by Gasteiger charge is 2.57. The van der Waals surface area contributed by atoms with Crippen molar-refractivity contribution >= 4 is 34.4 Å². The number of carboxylic acid groups (broad SMARTS) is 1. The number of nitrogens with one attached hydrogen (secondary N) is 2. The molecule has 0 atom stereocenters. The number of carboxylic acids is 1. The van der Waals surface area contributed by atoms with E-state index in [-0.39, 0.29) is 11.9 Å². The molecule has 4 heterocycles. The first-order chi connectivity index (χ1) is 14.0. The summed E-state index contributed by atoms with van der Waals surface area (Å²) in [6.45, 7) is 3.62. The molecule has 6 rings (SSSR count). The Morgan fingerprint density at radius 3 is 2.59 bits per heavy atom. The predicted molar refractivity (Wildman–Crippen MR) is 105 cm³/mol. The topological polar surface area (TPSA) is 119 Å². The maximum absolute atomic E-state index is 13.3. The van der Waals surface area contributed by atoms with E-state index >= 15 is 0 Å². The van der Waals surface area contributed by atoms with E-state index in [9.17, 15) is 19.5 Å². The second-order valence-electron chi connectivity index (χ2n) is 8.25. The number of aromatic amines is 1. The molecule has 0 radical (unpaired) electrons. The third kappa shape index (κ3) is 2.96. The van der Waals surface area contributed by atoms with E-state index in [0.717, 1.165) is 32.5 Å². The normalized spacial score (nSPS) is 24.9. The molecular formula is C20H23N5O4. The summed E-state index contributed by atoms with van der Waals surface area (Å²) < 4.78 is 0. The molecule has 2 bridgehead atoms. The van der Waals surface area contributed by atoms with Crippen molar-refractivity contribution in [3.05, 3.63) is 23.9 Å². The zero-order valence-electron chi connectivity index (χ0n) is 16.0. The van der Waals surface area contributed by atoms with Crippen molar-refractivity contribution in [3.63, 3.8) is 0 Å². The van der Waals surface area contributed by atoms with E-state index < -0.39 is 17.3 Å². The Bertz CT molecular complexity index is 1000. The van der Waals surface area contributed by atoms with Gasteiger partial charge in [0.2, 0.25) is 5.91 Å². The minimum absolute atomic E-state index is 0.0994. The van der Waals surface area contributed by atoms with E-state index in [2.05, 4.69) is 20.4 Å². The number of rotatable bonds is 4. The number of anilines is 1. The number of amides is 2. The van der Waals surface area contributed by atoms with Crippen molar-refractivity contribution in [3.8, 4) is 0 Å². The van der Waals surface area contributed by atoms with Crippen molar-refractivity contribution in [2.24, 2.45) is 5.41 Å². The van der Waals surface area contributed by atoms with Gasteiger partial charge >= 0.3 is 5.97 Å². The van der Waals surface area contributed by atoms with Crippen LogP contribution in [-0.4, -0.2) is 75.1 Å². The molecule has 9 heteroatoms.